The Morgan fingerprint density at radius 2 is 1.88 bits per heavy atom. The first kappa shape index (κ1) is 30.2. The third-order valence-electron chi connectivity index (χ3n) is 5.56. The van der Waals surface area contributed by atoms with Gasteiger partial charge in [-0.25, -0.2) is 4.79 Å². The van der Waals surface area contributed by atoms with Crippen LogP contribution in [0.15, 0.2) is 53.5 Å². The van der Waals surface area contributed by atoms with Crippen molar-refractivity contribution in [3.8, 4) is 17.2 Å². The van der Waals surface area contributed by atoms with Crippen LogP contribution in [0.3, 0.4) is 0 Å². The van der Waals surface area contributed by atoms with Gasteiger partial charge in [0.25, 0.3) is 5.56 Å². The number of pyridine rings is 1. The number of aromatic hydroxyl groups is 1. The number of nitrogens with one attached hydrogen (secondary N) is 2. The normalized spacial score (nSPS) is 11.9. The largest absolute Gasteiger partial charge is 0.573 e. The average molecular weight is 584 g/mol. The quantitative estimate of drug-likeness (QED) is 0.257. The maximum Gasteiger partial charge on any atom is 0.573 e. The van der Waals surface area contributed by atoms with Gasteiger partial charge in [-0.15, -0.1) is 13.2 Å². The van der Waals surface area contributed by atoms with Gasteiger partial charge in [0.15, 0.2) is 5.69 Å². The zero-order valence-corrected chi connectivity index (χ0v) is 22.0. The van der Waals surface area contributed by atoms with Crippen LogP contribution >= 0.6 is 11.6 Å². The maximum absolute atomic E-state index is 13.2. The van der Waals surface area contributed by atoms with Crippen molar-refractivity contribution in [2.75, 3.05) is 11.9 Å². The molecule has 214 valence electrons. The van der Waals surface area contributed by atoms with Crippen LogP contribution in [0, 0.1) is 6.92 Å². The number of aliphatic carboxylic acids is 1. The van der Waals surface area contributed by atoms with E-state index in [0.717, 1.165) is 12.1 Å². The Kier molecular flexibility index (Phi) is 9.53. The lowest BCUT2D eigenvalue weighted by molar-refractivity contribution is -0.274. The van der Waals surface area contributed by atoms with E-state index in [0.29, 0.717) is 22.9 Å². The molecule has 0 fully saturated rings. The molecule has 0 aliphatic rings. The van der Waals surface area contributed by atoms with Crippen molar-refractivity contribution in [3.63, 3.8) is 0 Å². The van der Waals surface area contributed by atoms with Crippen molar-refractivity contribution in [2.24, 2.45) is 0 Å². The number of anilines is 1. The summed E-state index contributed by atoms with van der Waals surface area (Å²) in [7, 11) is 0. The number of urea groups is 1. The molecule has 0 aliphatic carbocycles. The van der Waals surface area contributed by atoms with E-state index in [9.17, 15) is 37.8 Å². The molecular formula is C26H25ClF3N3O7. The number of aryl methyl sites for hydroxylation is 1. The Labute approximate surface area is 230 Å². The summed E-state index contributed by atoms with van der Waals surface area (Å²) in [6.45, 7) is 3.54. The molecule has 1 heterocycles. The molecule has 14 heteroatoms. The van der Waals surface area contributed by atoms with Crippen molar-refractivity contribution < 1.29 is 42.4 Å². The SMILES string of the molecule is CCOc1cccc(Cl)c1Cn1cc(C)c(O)c(NC(=O)N[C@@H](CC(=O)O)c2cccc(OC(F)(F)F)c2)c1=O. The second-order valence-corrected chi connectivity index (χ2v) is 8.89. The van der Waals surface area contributed by atoms with Gasteiger partial charge < -0.3 is 34.9 Å². The van der Waals surface area contributed by atoms with Gasteiger partial charge >= 0.3 is 18.4 Å². The number of ether oxygens (including phenoxy) is 2. The summed E-state index contributed by atoms with van der Waals surface area (Å²) in [4.78, 5) is 37.5. The van der Waals surface area contributed by atoms with Gasteiger partial charge in [-0.3, -0.25) is 9.59 Å². The Morgan fingerprint density at radius 3 is 2.52 bits per heavy atom. The minimum Gasteiger partial charge on any atom is -0.505 e. The van der Waals surface area contributed by atoms with Crippen molar-refractivity contribution in [3.05, 3.63) is 80.7 Å². The van der Waals surface area contributed by atoms with E-state index in [1.54, 1.807) is 25.1 Å². The molecule has 0 aliphatic heterocycles. The number of alkyl halides is 3. The highest BCUT2D eigenvalue weighted by Crippen LogP contribution is 2.30. The molecule has 0 spiro atoms. The van der Waals surface area contributed by atoms with Crippen LogP contribution < -0.4 is 25.7 Å². The minimum atomic E-state index is -4.98. The molecule has 0 unspecified atom stereocenters. The van der Waals surface area contributed by atoms with Crippen LogP contribution in [0.4, 0.5) is 23.7 Å². The summed E-state index contributed by atoms with van der Waals surface area (Å²) in [6, 6.07) is 6.99. The lowest BCUT2D eigenvalue weighted by Gasteiger charge is -2.20. The van der Waals surface area contributed by atoms with E-state index in [-0.39, 0.29) is 17.7 Å². The van der Waals surface area contributed by atoms with Crippen molar-refractivity contribution in [1.82, 2.24) is 9.88 Å². The Balaban J connectivity index is 1.90. The number of aromatic nitrogens is 1. The zero-order chi connectivity index (χ0) is 29.6. The average Bonchev–Trinajstić information content (AvgIpc) is 2.85. The lowest BCUT2D eigenvalue weighted by atomic mass is 10.0. The number of benzene rings is 2. The molecule has 0 bridgehead atoms. The lowest BCUT2D eigenvalue weighted by Crippen LogP contribution is -2.36. The first-order chi connectivity index (χ1) is 18.8. The third-order valence-corrected chi connectivity index (χ3v) is 5.91. The van der Waals surface area contributed by atoms with Gasteiger partial charge in [-0.2, -0.15) is 0 Å². The van der Waals surface area contributed by atoms with Gasteiger partial charge in [0.05, 0.1) is 25.6 Å². The Bertz CT molecular complexity index is 1460. The van der Waals surface area contributed by atoms with Crippen LogP contribution in [0.25, 0.3) is 0 Å². The summed E-state index contributed by atoms with van der Waals surface area (Å²) in [6.07, 6.45) is -4.33. The molecular weight excluding hydrogens is 559 g/mol. The molecule has 2 aromatic carbocycles. The molecule has 0 saturated carbocycles. The number of carbonyl (C=O) groups excluding carboxylic acids is 1. The van der Waals surface area contributed by atoms with Gasteiger partial charge in [-0.05, 0) is 43.7 Å². The summed E-state index contributed by atoms with van der Waals surface area (Å²) < 4.78 is 48.5. The zero-order valence-electron chi connectivity index (χ0n) is 21.2. The van der Waals surface area contributed by atoms with E-state index in [4.69, 9.17) is 16.3 Å². The third kappa shape index (κ3) is 7.82. The number of halogens is 4. The highest BCUT2D eigenvalue weighted by atomic mass is 35.5. The fourth-order valence-corrected chi connectivity index (χ4v) is 4.07. The number of nitrogens with zero attached hydrogens (tertiary/aromatic N) is 1. The molecule has 0 radical (unpaired) electrons. The molecule has 0 saturated heterocycles. The second-order valence-electron chi connectivity index (χ2n) is 8.49. The number of rotatable bonds is 10. The molecule has 2 amide bonds. The Morgan fingerprint density at radius 1 is 1.18 bits per heavy atom. The second kappa shape index (κ2) is 12.6. The van der Waals surface area contributed by atoms with Crippen molar-refractivity contribution in [2.45, 2.75) is 39.2 Å². The highest BCUT2D eigenvalue weighted by molar-refractivity contribution is 6.31. The summed E-state index contributed by atoms with van der Waals surface area (Å²) >= 11 is 6.32. The molecule has 10 nitrogen and oxygen atoms in total. The fourth-order valence-electron chi connectivity index (χ4n) is 3.84. The standard InChI is InChI=1S/C26H25ClF3N3O7/c1-3-39-20-9-5-8-18(27)17(20)13-33-12-14(2)23(36)22(24(33)37)32-25(38)31-19(11-21(34)35)15-6-4-7-16(10-15)40-26(28,29)30/h4-10,12,19,36H,3,11,13H2,1-2H3,(H,34,35)(H2,31,32,38)/t19-/m0/s1. The Hall–Kier alpha value is -4.39. The number of carboxylic acids is 1. The molecule has 3 rings (SSSR count). The van der Waals surface area contributed by atoms with E-state index in [1.165, 1.54) is 29.8 Å². The van der Waals surface area contributed by atoms with Gasteiger partial charge in [0, 0.05) is 22.3 Å². The van der Waals surface area contributed by atoms with Crippen LogP contribution in [-0.2, 0) is 11.3 Å². The molecule has 3 aromatic rings. The predicted octanol–water partition coefficient (Wildman–Crippen LogP) is 5.20. The van der Waals surface area contributed by atoms with E-state index >= 15 is 0 Å². The van der Waals surface area contributed by atoms with Gasteiger partial charge in [0.2, 0.25) is 0 Å². The predicted molar refractivity (Wildman–Crippen MR) is 139 cm³/mol. The number of carbonyl (C=O) groups is 2. The van der Waals surface area contributed by atoms with Crippen LogP contribution in [0.2, 0.25) is 5.02 Å². The van der Waals surface area contributed by atoms with Crippen LogP contribution in [0.1, 0.15) is 36.1 Å². The first-order valence-corrected chi connectivity index (χ1v) is 12.1. The first-order valence-electron chi connectivity index (χ1n) is 11.8. The monoisotopic (exact) mass is 583 g/mol. The van der Waals surface area contributed by atoms with Gasteiger partial charge in [-0.1, -0.05) is 29.8 Å². The minimum absolute atomic E-state index is 0.00709. The summed E-state index contributed by atoms with van der Waals surface area (Å²) in [5.41, 5.74) is -0.621. The maximum atomic E-state index is 13.2. The van der Waals surface area contributed by atoms with Crippen LogP contribution in [0.5, 0.6) is 17.2 Å². The molecule has 1 aromatic heterocycles. The number of hydrogen-bond donors (Lipinski definition) is 4. The van der Waals surface area contributed by atoms with E-state index in [1.807, 2.05) is 0 Å². The van der Waals surface area contributed by atoms with Gasteiger partial charge in [0.1, 0.15) is 17.2 Å². The number of amides is 2. The van der Waals surface area contributed by atoms with Crippen molar-refractivity contribution >= 4 is 29.3 Å². The summed E-state index contributed by atoms with van der Waals surface area (Å²) in [5.74, 6) is -2.07. The van der Waals surface area contributed by atoms with Crippen molar-refractivity contribution in [1.29, 1.82) is 0 Å². The van der Waals surface area contributed by atoms with Crippen LogP contribution in [-0.4, -0.2) is 39.7 Å². The number of carboxylic acid groups (broad SMARTS) is 1. The smallest absolute Gasteiger partial charge is 0.505 e. The molecule has 40 heavy (non-hydrogen) atoms. The topological polar surface area (TPSA) is 139 Å². The molecule has 1 atom stereocenters. The molecule has 4 N–H and O–H groups in total. The highest BCUT2D eigenvalue weighted by Gasteiger charge is 2.31. The fraction of sp³-hybridized carbons (Fsp3) is 0.269. The number of hydrogen-bond acceptors (Lipinski definition) is 6. The van der Waals surface area contributed by atoms with E-state index < -0.39 is 53.6 Å². The summed E-state index contributed by atoms with van der Waals surface area (Å²) in [5, 5.41) is 24.7. The van der Waals surface area contributed by atoms with E-state index in [2.05, 4.69) is 15.4 Å².